The number of amides is 1. The fraction of sp³-hybridized carbons (Fsp3) is 0.846. The summed E-state index contributed by atoms with van der Waals surface area (Å²) >= 11 is 1.55. The molecule has 0 radical (unpaired) electrons. The second-order valence-electron chi connectivity index (χ2n) is 5.29. The summed E-state index contributed by atoms with van der Waals surface area (Å²) in [7, 11) is 0. The molecule has 110 valence electrons. The molecule has 3 N–H and O–H groups in total. The van der Waals surface area contributed by atoms with Gasteiger partial charge >= 0.3 is 5.97 Å². The maximum Gasteiger partial charge on any atom is 0.327 e. The first-order chi connectivity index (χ1) is 8.93. The molecule has 0 saturated carbocycles. The van der Waals surface area contributed by atoms with Gasteiger partial charge in [-0.2, -0.15) is 0 Å². The molecule has 6 heteroatoms. The SMILES string of the molecule is CCCC(CN)C(=O)N1C(C(=O)O)CSC1C(C)C. The van der Waals surface area contributed by atoms with Crippen molar-refractivity contribution in [1.29, 1.82) is 0 Å². The monoisotopic (exact) mass is 288 g/mol. The van der Waals surface area contributed by atoms with E-state index in [4.69, 9.17) is 5.73 Å². The topological polar surface area (TPSA) is 83.6 Å². The summed E-state index contributed by atoms with van der Waals surface area (Å²) in [6.07, 6.45) is 1.59. The van der Waals surface area contributed by atoms with Crippen LogP contribution in [0.2, 0.25) is 0 Å². The molecule has 1 aliphatic heterocycles. The predicted octanol–water partition coefficient (Wildman–Crippen LogP) is 1.37. The van der Waals surface area contributed by atoms with Crippen molar-refractivity contribution in [2.45, 2.75) is 45.0 Å². The van der Waals surface area contributed by atoms with Crippen molar-refractivity contribution in [2.75, 3.05) is 12.3 Å². The van der Waals surface area contributed by atoms with E-state index in [-0.39, 0.29) is 29.7 Å². The van der Waals surface area contributed by atoms with Crippen LogP contribution in [0.4, 0.5) is 0 Å². The number of thioether (sulfide) groups is 1. The van der Waals surface area contributed by atoms with Crippen molar-refractivity contribution in [3.8, 4) is 0 Å². The van der Waals surface area contributed by atoms with Crippen LogP contribution in [0.15, 0.2) is 0 Å². The number of carbonyl (C=O) groups is 2. The molecule has 5 nitrogen and oxygen atoms in total. The molecule has 1 aliphatic rings. The van der Waals surface area contributed by atoms with Gasteiger partial charge in [0.05, 0.1) is 11.3 Å². The van der Waals surface area contributed by atoms with E-state index in [0.29, 0.717) is 12.2 Å². The second kappa shape index (κ2) is 7.14. The van der Waals surface area contributed by atoms with Crippen LogP contribution in [0, 0.1) is 11.8 Å². The number of nitrogens with two attached hydrogens (primary N) is 1. The quantitative estimate of drug-likeness (QED) is 0.771. The van der Waals surface area contributed by atoms with E-state index in [9.17, 15) is 14.7 Å². The van der Waals surface area contributed by atoms with E-state index in [1.54, 1.807) is 16.7 Å². The number of carboxylic acids is 1. The summed E-state index contributed by atoms with van der Waals surface area (Å²) in [5, 5.41) is 9.22. The highest BCUT2D eigenvalue weighted by molar-refractivity contribution is 8.00. The van der Waals surface area contributed by atoms with E-state index in [1.807, 2.05) is 20.8 Å². The fourth-order valence-electron chi connectivity index (χ4n) is 2.41. The van der Waals surface area contributed by atoms with Crippen LogP contribution in [0.25, 0.3) is 0 Å². The molecule has 3 unspecified atom stereocenters. The van der Waals surface area contributed by atoms with E-state index in [0.717, 1.165) is 6.42 Å². The van der Waals surface area contributed by atoms with Gasteiger partial charge in [-0.15, -0.1) is 11.8 Å². The van der Waals surface area contributed by atoms with Crippen LogP contribution >= 0.6 is 11.8 Å². The van der Waals surface area contributed by atoms with Gasteiger partial charge in [-0.3, -0.25) is 4.79 Å². The molecular formula is C13H24N2O3S. The Bertz CT molecular complexity index is 336. The standard InChI is InChI=1S/C13H24N2O3S/c1-4-5-9(6-14)11(16)15-10(13(17)18)7-19-12(15)8(2)3/h8-10,12H,4-7,14H2,1-3H3,(H,17,18). The summed E-state index contributed by atoms with van der Waals surface area (Å²) in [5.74, 6) is -0.574. The number of hydrogen-bond donors (Lipinski definition) is 2. The van der Waals surface area contributed by atoms with Crippen molar-refractivity contribution in [3.05, 3.63) is 0 Å². The number of rotatable bonds is 6. The molecule has 1 rings (SSSR count). The highest BCUT2D eigenvalue weighted by Crippen LogP contribution is 2.35. The lowest BCUT2D eigenvalue weighted by Gasteiger charge is -2.32. The lowest BCUT2D eigenvalue weighted by atomic mass is 10.0. The van der Waals surface area contributed by atoms with Crippen molar-refractivity contribution in [1.82, 2.24) is 4.90 Å². The third kappa shape index (κ3) is 3.63. The van der Waals surface area contributed by atoms with Gasteiger partial charge in [-0.05, 0) is 12.3 Å². The lowest BCUT2D eigenvalue weighted by molar-refractivity contribution is -0.151. The summed E-state index contributed by atoms with van der Waals surface area (Å²) < 4.78 is 0. The molecule has 0 aromatic rings. The molecule has 0 aromatic carbocycles. The van der Waals surface area contributed by atoms with E-state index >= 15 is 0 Å². The van der Waals surface area contributed by atoms with Crippen molar-refractivity contribution in [2.24, 2.45) is 17.6 Å². The maximum absolute atomic E-state index is 12.6. The largest absolute Gasteiger partial charge is 0.480 e. The Morgan fingerprint density at radius 2 is 2.11 bits per heavy atom. The van der Waals surface area contributed by atoms with Crippen LogP contribution in [0.3, 0.4) is 0 Å². The molecule has 0 aliphatic carbocycles. The Kier molecular flexibility index (Phi) is 6.13. The van der Waals surface area contributed by atoms with E-state index in [2.05, 4.69) is 0 Å². The van der Waals surface area contributed by atoms with Crippen molar-refractivity contribution >= 4 is 23.6 Å². The molecule has 19 heavy (non-hydrogen) atoms. The maximum atomic E-state index is 12.6. The van der Waals surface area contributed by atoms with Crippen molar-refractivity contribution in [3.63, 3.8) is 0 Å². The van der Waals surface area contributed by atoms with Gasteiger partial charge in [0.1, 0.15) is 6.04 Å². The Hall–Kier alpha value is -0.750. The van der Waals surface area contributed by atoms with E-state index < -0.39 is 12.0 Å². The summed E-state index contributed by atoms with van der Waals surface area (Å²) in [6, 6.07) is -0.712. The molecule has 0 bridgehead atoms. The third-order valence-electron chi connectivity index (χ3n) is 3.42. The molecule has 0 spiro atoms. The Labute approximate surface area is 118 Å². The van der Waals surface area contributed by atoms with Gasteiger partial charge < -0.3 is 15.7 Å². The van der Waals surface area contributed by atoms with Crippen LogP contribution in [0.1, 0.15) is 33.6 Å². The fourth-order valence-corrected chi connectivity index (χ4v) is 3.89. The summed E-state index contributed by atoms with van der Waals surface area (Å²) in [4.78, 5) is 25.4. The average molecular weight is 288 g/mol. The van der Waals surface area contributed by atoms with Crippen LogP contribution in [-0.2, 0) is 9.59 Å². The summed E-state index contributed by atoms with van der Waals surface area (Å²) in [5.41, 5.74) is 5.67. The predicted molar refractivity (Wildman–Crippen MR) is 76.8 cm³/mol. The zero-order chi connectivity index (χ0) is 14.6. The number of hydrogen-bond acceptors (Lipinski definition) is 4. The van der Waals surface area contributed by atoms with E-state index in [1.165, 1.54) is 0 Å². The highest BCUT2D eigenvalue weighted by Gasteiger charge is 2.44. The molecule has 3 atom stereocenters. The van der Waals surface area contributed by atoms with Gasteiger partial charge in [0.25, 0.3) is 0 Å². The molecule has 1 fully saturated rings. The normalized spacial score (nSPS) is 24.8. The Balaban J connectivity index is 2.94. The minimum Gasteiger partial charge on any atom is -0.480 e. The Morgan fingerprint density at radius 1 is 1.47 bits per heavy atom. The Morgan fingerprint density at radius 3 is 2.53 bits per heavy atom. The van der Waals surface area contributed by atoms with Crippen molar-refractivity contribution < 1.29 is 14.7 Å². The minimum absolute atomic E-state index is 0.0560. The number of carboxylic acid groups (broad SMARTS) is 1. The van der Waals surface area contributed by atoms with Gasteiger partial charge in [-0.1, -0.05) is 27.2 Å². The average Bonchev–Trinajstić information content (AvgIpc) is 2.79. The number of nitrogens with zero attached hydrogens (tertiary/aromatic N) is 1. The highest BCUT2D eigenvalue weighted by atomic mass is 32.2. The zero-order valence-corrected chi connectivity index (χ0v) is 12.7. The third-order valence-corrected chi connectivity index (χ3v) is 5.04. The molecular weight excluding hydrogens is 264 g/mol. The number of aliphatic carboxylic acids is 1. The second-order valence-corrected chi connectivity index (χ2v) is 6.44. The first-order valence-electron chi connectivity index (χ1n) is 6.80. The van der Waals surface area contributed by atoms with Crippen LogP contribution < -0.4 is 5.73 Å². The zero-order valence-electron chi connectivity index (χ0n) is 11.8. The lowest BCUT2D eigenvalue weighted by Crippen LogP contribution is -2.50. The van der Waals surface area contributed by atoms with Gasteiger partial charge in [0.2, 0.25) is 5.91 Å². The molecule has 1 heterocycles. The first kappa shape index (κ1) is 16.3. The van der Waals surface area contributed by atoms with Gasteiger partial charge in [0, 0.05) is 12.3 Å². The number of carbonyl (C=O) groups excluding carboxylic acids is 1. The van der Waals surface area contributed by atoms with Gasteiger partial charge in [-0.25, -0.2) is 4.79 Å². The van der Waals surface area contributed by atoms with Gasteiger partial charge in [0.15, 0.2) is 0 Å². The van der Waals surface area contributed by atoms with Crippen LogP contribution in [0.5, 0.6) is 0 Å². The molecule has 0 aromatic heterocycles. The van der Waals surface area contributed by atoms with Crippen LogP contribution in [-0.4, -0.2) is 45.6 Å². The summed E-state index contributed by atoms with van der Waals surface area (Å²) in [6.45, 7) is 6.31. The smallest absolute Gasteiger partial charge is 0.327 e. The minimum atomic E-state index is -0.920. The molecule has 1 saturated heterocycles. The molecule has 1 amide bonds. The first-order valence-corrected chi connectivity index (χ1v) is 7.85.